The summed E-state index contributed by atoms with van der Waals surface area (Å²) in [5.41, 5.74) is 6.91. The third-order valence-corrected chi connectivity index (χ3v) is 6.61. The van der Waals surface area contributed by atoms with E-state index in [1.807, 2.05) is 0 Å². The molecule has 0 amide bonds. The van der Waals surface area contributed by atoms with Gasteiger partial charge in [-0.25, -0.2) is 14.6 Å². The van der Waals surface area contributed by atoms with E-state index < -0.39 is 0 Å². The van der Waals surface area contributed by atoms with Crippen LogP contribution in [0.25, 0.3) is 11.0 Å². The fourth-order valence-electron chi connectivity index (χ4n) is 4.32. The van der Waals surface area contributed by atoms with Crippen LogP contribution >= 0.6 is 22.6 Å². The summed E-state index contributed by atoms with van der Waals surface area (Å²) in [6.07, 6.45) is 6.36. The number of piperazine rings is 1. The molecular formula is C17H26IN7. The number of rotatable bonds is 3. The zero-order valence-electron chi connectivity index (χ0n) is 14.7. The van der Waals surface area contributed by atoms with Crippen molar-refractivity contribution in [3.05, 3.63) is 10.0 Å². The molecule has 0 bridgehead atoms. The minimum Gasteiger partial charge on any atom is -0.383 e. The van der Waals surface area contributed by atoms with E-state index in [1.54, 1.807) is 6.33 Å². The maximum absolute atomic E-state index is 6.02. The van der Waals surface area contributed by atoms with Gasteiger partial charge in [-0.05, 0) is 54.8 Å². The number of nitrogens with two attached hydrogens (primary N) is 1. The Morgan fingerprint density at radius 1 is 1.08 bits per heavy atom. The summed E-state index contributed by atoms with van der Waals surface area (Å²) < 4.78 is 3.00. The number of anilines is 1. The number of fused-ring (bicyclic) bond motifs is 1. The van der Waals surface area contributed by atoms with Gasteiger partial charge < -0.3 is 10.6 Å². The van der Waals surface area contributed by atoms with E-state index in [-0.39, 0.29) is 0 Å². The van der Waals surface area contributed by atoms with Crippen LogP contribution in [-0.4, -0.2) is 68.3 Å². The lowest BCUT2D eigenvalue weighted by Gasteiger charge is -2.41. The molecule has 1 aliphatic heterocycles. The Bertz CT molecular complexity index is 730. The van der Waals surface area contributed by atoms with Crippen LogP contribution < -0.4 is 5.73 Å². The zero-order valence-corrected chi connectivity index (χ0v) is 16.9. The van der Waals surface area contributed by atoms with Crippen molar-refractivity contribution in [2.45, 2.75) is 44.7 Å². The molecule has 1 saturated heterocycles. The summed E-state index contributed by atoms with van der Waals surface area (Å²) >= 11 is 2.24. The van der Waals surface area contributed by atoms with Crippen molar-refractivity contribution in [3.8, 4) is 0 Å². The van der Waals surface area contributed by atoms with Gasteiger partial charge in [-0.1, -0.05) is 6.92 Å². The van der Waals surface area contributed by atoms with E-state index in [0.29, 0.717) is 11.9 Å². The van der Waals surface area contributed by atoms with Crippen molar-refractivity contribution >= 4 is 39.4 Å². The van der Waals surface area contributed by atoms with Crippen LogP contribution in [0.3, 0.4) is 0 Å². The smallest absolute Gasteiger partial charge is 0.164 e. The van der Waals surface area contributed by atoms with Crippen molar-refractivity contribution in [1.29, 1.82) is 0 Å². The van der Waals surface area contributed by atoms with Gasteiger partial charge in [0.2, 0.25) is 0 Å². The highest BCUT2D eigenvalue weighted by Gasteiger charge is 2.30. The molecule has 136 valence electrons. The van der Waals surface area contributed by atoms with Crippen LogP contribution in [0.4, 0.5) is 5.82 Å². The van der Waals surface area contributed by atoms with Gasteiger partial charge in [-0.2, -0.15) is 5.10 Å². The molecule has 0 unspecified atom stereocenters. The largest absolute Gasteiger partial charge is 0.383 e. The van der Waals surface area contributed by atoms with Crippen molar-refractivity contribution in [1.82, 2.24) is 29.5 Å². The normalized spacial score (nSPS) is 26.3. The maximum atomic E-state index is 6.02. The highest BCUT2D eigenvalue weighted by atomic mass is 127. The van der Waals surface area contributed by atoms with Gasteiger partial charge in [-0.15, -0.1) is 0 Å². The van der Waals surface area contributed by atoms with Crippen molar-refractivity contribution in [2.75, 3.05) is 38.5 Å². The molecule has 0 atom stereocenters. The third kappa shape index (κ3) is 3.35. The Labute approximate surface area is 162 Å². The molecule has 25 heavy (non-hydrogen) atoms. The monoisotopic (exact) mass is 455 g/mol. The molecule has 8 heteroatoms. The Morgan fingerprint density at radius 3 is 2.44 bits per heavy atom. The molecule has 2 aliphatic rings. The first-order chi connectivity index (χ1) is 12.2. The molecule has 3 heterocycles. The second kappa shape index (κ2) is 7.32. The van der Waals surface area contributed by atoms with E-state index in [9.17, 15) is 0 Å². The van der Waals surface area contributed by atoms with Crippen LogP contribution in [-0.2, 0) is 0 Å². The quantitative estimate of drug-likeness (QED) is 0.715. The second-order valence-electron chi connectivity index (χ2n) is 7.13. The lowest BCUT2D eigenvalue weighted by Crippen LogP contribution is -2.51. The van der Waals surface area contributed by atoms with Gasteiger partial charge in [0.1, 0.15) is 15.8 Å². The van der Waals surface area contributed by atoms with E-state index in [4.69, 9.17) is 10.8 Å². The summed E-state index contributed by atoms with van der Waals surface area (Å²) in [6.45, 7) is 8.30. The topological polar surface area (TPSA) is 76.1 Å². The molecule has 4 rings (SSSR count). The van der Waals surface area contributed by atoms with Crippen LogP contribution in [0.1, 0.15) is 38.6 Å². The third-order valence-electron chi connectivity index (χ3n) is 5.86. The van der Waals surface area contributed by atoms with Crippen LogP contribution in [0.5, 0.6) is 0 Å². The first kappa shape index (κ1) is 17.4. The van der Waals surface area contributed by atoms with Crippen molar-refractivity contribution in [2.24, 2.45) is 0 Å². The Balaban J connectivity index is 1.44. The number of hydrogen-bond acceptors (Lipinski definition) is 6. The number of hydrogen-bond donors (Lipinski definition) is 1. The molecule has 2 fully saturated rings. The van der Waals surface area contributed by atoms with E-state index in [0.717, 1.165) is 33.6 Å². The molecule has 2 aromatic heterocycles. The minimum atomic E-state index is 0.425. The molecule has 7 nitrogen and oxygen atoms in total. The standard InChI is InChI=1S/C17H26IN7/c1-2-23-7-9-24(10-8-23)12-3-5-13(6-4-12)25-17-14(15(18)22-25)16(19)20-11-21-17/h11-13H,2-10H2,1H3,(H2,19,20,21). The number of nitrogen functional groups attached to an aromatic ring is 1. The lowest BCUT2D eigenvalue weighted by atomic mass is 9.90. The van der Waals surface area contributed by atoms with Crippen molar-refractivity contribution in [3.63, 3.8) is 0 Å². The van der Waals surface area contributed by atoms with Gasteiger partial charge in [0.15, 0.2) is 5.65 Å². The summed E-state index contributed by atoms with van der Waals surface area (Å²) in [5.74, 6) is 0.531. The fraction of sp³-hybridized carbons (Fsp3) is 0.706. The predicted molar refractivity (Wildman–Crippen MR) is 107 cm³/mol. The average molecular weight is 455 g/mol. The summed E-state index contributed by atoms with van der Waals surface area (Å²) in [6, 6.07) is 1.16. The number of aromatic nitrogens is 4. The Morgan fingerprint density at radius 2 is 1.76 bits per heavy atom. The minimum absolute atomic E-state index is 0.425. The Kier molecular flexibility index (Phi) is 5.10. The number of halogens is 1. The van der Waals surface area contributed by atoms with Crippen LogP contribution in [0.2, 0.25) is 0 Å². The molecular weight excluding hydrogens is 429 g/mol. The highest BCUT2D eigenvalue weighted by molar-refractivity contribution is 14.1. The van der Waals surface area contributed by atoms with Gasteiger partial charge in [0, 0.05) is 32.2 Å². The predicted octanol–water partition coefficient (Wildman–Crippen LogP) is 2.13. The molecule has 2 N–H and O–H groups in total. The summed E-state index contributed by atoms with van der Waals surface area (Å²) in [5, 5.41) is 5.64. The zero-order chi connectivity index (χ0) is 17.4. The second-order valence-corrected chi connectivity index (χ2v) is 8.15. The first-order valence-electron chi connectivity index (χ1n) is 9.28. The molecule has 1 saturated carbocycles. The van der Waals surface area contributed by atoms with Crippen LogP contribution in [0, 0.1) is 3.70 Å². The van der Waals surface area contributed by atoms with E-state index in [1.165, 1.54) is 45.6 Å². The van der Waals surface area contributed by atoms with Gasteiger partial charge in [0.05, 0.1) is 11.4 Å². The number of nitrogens with zero attached hydrogens (tertiary/aromatic N) is 6. The summed E-state index contributed by atoms with van der Waals surface area (Å²) in [4.78, 5) is 13.8. The molecule has 2 aromatic rings. The highest BCUT2D eigenvalue weighted by Crippen LogP contribution is 2.34. The Hall–Kier alpha value is -1.00. The SMILES string of the molecule is CCN1CCN(C2CCC(n3nc(I)c4c(N)ncnc43)CC2)CC1. The van der Waals surface area contributed by atoms with E-state index >= 15 is 0 Å². The maximum Gasteiger partial charge on any atom is 0.164 e. The fourth-order valence-corrected chi connectivity index (χ4v) is 5.07. The van der Waals surface area contributed by atoms with Crippen LogP contribution in [0.15, 0.2) is 6.33 Å². The molecule has 1 aliphatic carbocycles. The lowest BCUT2D eigenvalue weighted by molar-refractivity contribution is 0.0731. The average Bonchev–Trinajstić information content (AvgIpc) is 3.00. The van der Waals surface area contributed by atoms with Gasteiger partial charge in [-0.3, -0.25) is 4.90 Å². The van der Waals surface area contributed by atoms with Gasteiger partial charge >= 0.3 is 0 Å². The molecule has 0 radical (unpaired) electrons. The van der Waals surface area contributed by atoms with E-state index in [2.05, 4.69) is 54.0 Å². The number of likely N-dealkylation sites (N-methyl/N-ethyl adjacent to an activating group) is 1. The summed E-state index contributed by atoms with van der Waals surface area (Å²) in [7, 11) is 0. The van der Waals surface area contributed by atoms with Crippen molar-refractivity contribution < 1.29 is 0 Å². The first-order valence-corrected chi connectivity index (χ1v) is 10.4. The molecule has 0 spiro atoms. The molecule has 0 aromatic carbocycles. The van der Waals surface area contributed by atoms with Gasteiger partial charge in [0.25, 0.3) is 0 Å².